The van der Waals surface area contributed by atoms with Crippen LogP contribution in [0.3, 0.4) is 0 Å². The minimum absolute atomic E-state index is 0.0864. The van der Waals surface area contributed by atoms with Gasteiger partial charge in [-0.25, -0.2) is 19.3 Å². The molecular weight excluding hydrogens is 374 g/mol. The SMILES string of the molecule is COCCn1cnc2oc(C)c(C(=O)Nc3ccc(S(N)=O)nc3)c2c1=O. The first-order valence-electron chi connectivity index (χ1n) is 7.83. The number of methoxy groups -OCH3 is 1. The van der Waals surface area contributed by atoms with Gasteiger partial charge in [-0.2, -0.15) is 0 Å². The highest BCUT2D eigenvalue weighted by molar-refractivity contribution is 7.82. The molecule has 0 aliphatic rings. The highest BCUT2D eigenvalue weighted by Gasteiger charge is 2.23. The Morgan fingerprint density at radius 2 is 2.19 bits per heavy atom. The van der Waals surface area contributed by atoms with Crippen molar-refractivity contribution in [1.82, 2.24) is 14.5 Å². The van der Waals surface area contributed by atoms with Gasteiger partial charge in [-0.15, -0.1) is 0 Å². The molecule has 0 aliphatic heterocycles. The average Bonchev–Trinajstić information content (AvgIpc) is 2.98. The molecule has 27 heavy (non-hydrogen) atoms. The first kappa shape index (κ1) is 18.9. The predicted octanol–water partition coefficient (Wildman–Crippen LogP) is 0.573. The third-order valence-corrected chi connectivity index (χ3v) is 4.47. The summed E-state index contributed by atoms with van der Waals surface area (Å²) in [5.41, 5.74) is 0.140. The van der Waals surface area contributed by atoms with Gasteiger partial charge in [0.05, 0.1) is 30.6 Å². The van der Waals surface area contributed by atoms with Gasteiger partial charge in [-0.1, -0.05) is 0 Å². The molecule has 3 aromatic rings. The number of rotatable bonds is 6. The lowest BCUT2D eigenvalue weighted by molar-refractivity contribution is 0.102. The van der Waals surface area contributed by atoms with E-state index < -0.39 is 22.5 Å². The molecule has 11 heteroatoms. The molecule has 1 atom stereocenters. The number of nitrogens with zero attached hydrogens (tertiary/aromatic N) is 3. The van der Waals surface area contributed by atoms with E-state index in [0.717, 1.165) is 0 Å². The van der Waals surface area contributed by atoms with E-state index in [1.165, 1.54) is 36.3 Å². The summed E-state index contributed by atoms with van der Waals surface area (Å²) in [7, 11) is -0.187. The van der Waals surface area contributed by atoms with E-state index in [1.807, 2.05) is 0 Å². The monoisotopic (exact) mass is 391 g/mol. The molecule has 3 rings (SSSR count). The molecule has 0 saturated heterocycles. The highest BCUT2D eigenvalue weighted by Crippen LogP contribution is 2.22. The van der Waals surface area contributed by atoms with Crippen molar-refractivity contribution in [3.63, 3.8) is 0 Å². The Morgan fingerprint density at radius 3 is 2.81 bits per heavy atom. The van der Waals surface area contributed by atoms with Crippen molar-refractivity contribution in [1.29, 1.82) is 0 Å². The Kier molecular flexibility index (Phi) is 5.44. The van der Waals surface area contributed by atoms with Crippen LogP contribution >= 0.6 is 0 Å². The smallest absolute Gasteiger partial charge is 0.265 e. The molecule has 0 spiro atoms. The van der Waals surface area contributed by atoms with Crippen LogP contribution in [0.1, 0.15) is 16.1 Å². The van der Waals surface area contributed by atoms with Gasteiger partial charge < -0.3 is 14.5 Å². The molecule has 3 N–H and O–H groups in total. The number of nitrogens with two attached hydrogens (primary N) is 1. The first-order chi connectivity index (χ1) is 12.9. The maximum atomic E-state index is 12.7. The van der Waals surface area contributed by atoms with E-state index in [9.17, 15) is 13.8 Å². The van der Waals surface area contributed by atoms with Gasteiger partial charge in [-0.3, -0.25) is 14.2 Å². The van der Waals surface area contributed by atoms with Gasteiger partial charge in [-0.05, 0) is 19.1 Å². The van der Waals surface area contributed by atoms with Crippen molar-refractivity contribution >= 4 is 33.7 Å². The largest absolute Gasteiger partial charge is 0.442 e. The predicted molar refractivity (Wildman–Crippen MR) is 97.7 cm³/mol. The average molecular weight is 391 g/mol. The molecule has 1 unspecified atom stereocenters. The maximum absolute atomic E-state index is 12.7. The fourth-order valence-electron chi connectivity index (χ4n) is 2.53. The van der Waals surface area contributed by atoms with E-state index in [-0.39, 0.29) is 27.4 Å². The zero-order valence-corrected chi connectivity index (χ0v) is 15.4. The fourth-order valence-corrected chi connectivity index (χ4v) is 2.89. The van der Waals surface area contributed by atoms with E-state index in [2.05, 4.69) is 15.3 Å². The Labute approximate surface area is 155 Å². The number of hydrogen-bond acceptors (Lipinski definition) is 7. The number of carbonyl (C=O) groups is 1. The number of furan rings is 1. The lowest BCUT2D eigenvalue weighted by atomic mass is 10.1. The molecule has 3 heterocycles. The first-order valence-corrected chi connectivity index (χ1v) is 9.04. The van der Waals surface area contributed by atoms with E-state index in [1.54, 1.807) is 6.92 Å². The summed E-state index contributed by atoms with van der Waals surface area (Å²) >= 11 is 0. The summed E-state index contributed by atoms with van der Waals surface area (Å²) in [4.78, 5) is 33.4. The molecule has 0 saturated carbocycles. The summed E-state index contributed by atoms with van der Waals surface area (Å²) in [6, 6.07) is 2.95. The van der Waals surface area contributed by atoms with Crippen LogP contribution in [-0.4, -0.2) is 38.4 Å². The number of pyridine rings is 1. The van der Waals surface area contributed by atoms with Crippen molar-refractivity contribution in [2.75, 3.05) is 19.0 Å². The van der Waals surface area contributed by atoms with Crippen molar-refractivity contribution in [2.24, 2.45) is 5.14 Å². The number of nitrogens with one attached hydrogen (secondary N) is 1. The van der Waals surface area contributed by atoms with Crippen LogP contribution in [0.15, 0.2) is 38.9 Å². The number of hydrogen-bond donors (Lipinski definition) is 2. The second-order valence-electron chi connectivity index (χ2n) is 5.59. The van der Waals surface area contributed by atoms with Gasteiger partial charge in [0, 0.05) is 7.11 Å². The molecule has 10 nitrogen and oxygen atoms in total. The van der Waals surface area contributed by atoms with Crippen LogP contribution in [0.5, 0.6) is 0 Å². The van der Waals surface area contributed by atoms with Gasteiger partial charge in [0.25, 0.3) is 11.5 Å². The van der Waals surface area contributed by atoms with E-state index in [0.29, 0.717) is 18.8 Å². The number of carbonyl (C=O) groups excluding carboxylic acids is 1. The van der Waals surface area contributed by atoms with Crippen molar-refractivity contribution in [3.8, 4) is 0 Å². The quantitative estimate of drug-likeness (QED) is 0.625. The second kappa shape index (κ2) is 7.78. The number of anilines is 1. The number of ether oxygens (including phenoxy) is 1. The summed E-state index contributed by atoms with van der Waals surface area (Å²) in [6.45, 7) is 2.20. The maximum Gasteiger partial charge on any atom is 0.265 e. The zero-order valence-electron chi connectivity index (χ0n) is 14.6. The molecule has 1 amide bonds. The third kappa shape index (κ3) is 3.79. The molecule has 0 bridgehead atoms. The summed E-state index contributed by atoms with van der Waals surface area (Å²) in [5.74, 6) is -0.276. The van der Waals surface area contributed by atoms with Gasteiger partial charge in [0.2, 0.25) is 5.71 Å². The normalized spacial score (nSPS) is 12.3. The van der Waals surface area contributed by atoms with Crippen LogP contribution in [0, 0.1) is 6.92 Å². The molecule has 0 aliphatic carbocycles. The molecule has 0 radical (unpaired) electrons. The standard InChI is InChI=1S/C16H17N5O5S/c1-9-12(14(22)20-10-3-4-11(18-7-10)27(17)24)13-15(26-9)19-8-21(16(13)23)5-6-25-2/h3-4,7-8H,5-6,17H2,1-2H3,(H,20,22). The Balaban J connectivity index is 1.97. The number of aryl methyl sites for hydroxylation is 1. The lowest BCUT2D eigenvalue weighted by Gasteiger charge is -2.06. The topological polar surface area (TPSA) is 142 Å². The van der Waals surface area contributed by atoms with Crippen LogP contribution < -0.4 is 16.0 Å². The van der Waals surface area contributed by atoms with E-state index >= 15 is 0 Å². The van der Waals surface area contributed by atoms with Gasteiger partial charge in [0.1, 0.15) is 33.5 Å². The zero-order chi connectivity index (χ0) is 19.6. The van der Waals surface area contributed by atoms with Crippen molar-refractivity contribution in [3.05, 3.63) is 46.3 Å². The fraction of sp³-hybridized carbons (Fsp3) is 0.250. The van der Waals surface area contributed by atoms with Crippen molar-refractivity contribution < 1.29 is 18.2 Å². The number of fused-ring (bicyclic) bond motifs is 1. The molecule has 142 valence electrons. The summed E-state index contributed by atoms with van der Waals surface area (Å²) in [6.07, 6.45) is 2.68. The van der Waals surface area contributed by atoms with Crippen LogP contribution in [0.2, 0.25) is 0 Å². The van der Waals surface area contributed by atoms with Crippen LogP contribution in [0.25, 0.3) is 11.1 Å². The lowest BCUT2D eigenvalue weighted by Crippen LogP contribution is -2.24. The molecule has 3 aromatic heterocycles. The molecule has 0 aromatic carbocycles. The van der Waals surface area contributed by atoms with Gasteiger partial charge in [0.15, 0.2) is 0 Å². The number of amides is 1. The minimum atomic E-state index is -1.71. The highest BCUT2D eigenvalue weighted by atomic mass is 32.2. The minimum Gasteiger partial charge on any atom is -0.442 e. The molecular formula is C16H17N5O5S. The van der Waals surface area contributed by atoms with Crippen LogP contribution in [-0.2, 0) is 22.3 Å². The summed E-state index contributed by atoms with van der Waals surface area (Å²) < 4.78 is 23.0. The Bertz CT molecular complexity index is 1070. The second-order valence-corrected chi connectivity index (χ2v) is 6.60. The van der Waals surface area contributed by atoms with Crippen molar-refractivity contribution in [2.45, 2.75) is 18.5 Å². The van der Waals surface area contributed by atoms with Gasteiger partial charge >= 0.3 is 0 Å². The number of aromatic nitrogens is 3. The summed E-state index contributed by atoms with van der Waals surface area (Å²) in [5, 5.41) is 8.16. The molecule has 0 fully saturated rings. The van der Waals surface area contributed by atoms with E-state index in [4.69, 9.17) is 14.3 Å². The Morgan fingerprint density at radius 1 is 1.41 bits per heavy atom. The Hall–Kier alpha value is -2.89. The van der Waals surface area contributed by atoms with Crippen LogP contribution in [0.4, 0.5) is 5.69 Å². The third-order valence-electron chi connectivity index (χ3n) is 3.82.